The Kier molecular flexibility index (Phi) is 19.4. The molecule has 0 saturated carbocycles. The van der Waals surface area contributed by atoms with Crippen LogP contribution in [0.2, 0.25) is 0 Å². The Morgan fingerprint density at radius 2 is 0.576 bits per heavy atom. The first-order valence-electron chi connectivity index (χ1n) is 22.6. The Morgan fingerprint density at radius 1 is 0.348 bits per heavy atom. The maximum Gasteiger partial charge on any atom is 0.228 e. The molecular formula is C55H60F2O9. The molecule has 8 rings (SSSR count). The molecule has 6 aromatic rings. The Labute approximate surface area is 387 Å². The second kappa shape index (κ2) is 26.2. The second-order valence-corrected chi connectivity index (χ2v) is 16.2. The highest BCUT2D eigenvalue weighted by Gasteiger charge is 2.49. The van der Waals surface area contributed by atoms with E-state index in [1.807, 2.05) is 189 Å². The number of ether oxygens (including phenoxy) is 8. The van der Waals surface area contributed by atoms with Crippen molar-refractivity contribution in [2.75, 3.05) is 6.61 Å². The summed E-state index contributed by atoms with van der Waals surface area (Å²) in [5, 5.41) is 9.91. The van der Waals surface area contributed by atoms with E-state index < -0.39 is 68.2 Å². The number of halogens is 2. The molecule has 9 nitrogen and oxygen atoms in total. The Balaban J connectivity index is 0.000000196. The topological polar surface area (TPSA) is 94.1 Å². The predicted octanol–water partition coefficient (Wildman–Crippen LogP) is 10.3. The highest BCUT2D eigenvalue weighted by atomic mass is 19.2. The first-order chi connectivity index (χ1) is 32.5. The zero-order valence-electron chi connectivity index (χ0n) is 37.2. The van der Waals surface area contributed by atoms with E-state index in [1.54, 1.807) is 0 Å². The van der Waals surface area contributed by atoms with Gasteiger partial charge in [0.1, 0.15) is 42.7 Å². The van der Waals surface area contributed by atoms with Crippen LogP contribution in [0.3, 0.4) is 0 Å². The van der Waals surface area contributed by atoms with Crippen molar-refractivity contribution in [2.45, 2.75) is 115 Å². The third-order valence-corrected chi connectivity index (χ3v) is 11.4. The van der Waals surface area contributed by atoms with Gasteiger partial charge in [0.15, 0.2) is 0 Å². The van der Waals surface area contributed by atoms with Crippen molar-refractivity contribution in [2.24, 2.45) is 0 Å². The van der Waals surface area contributed by atoms with Crippen LogP contribution in [0.25, 0.3) is 0 Å². The van der Waals surface area contributed by atoms with Crippen LogP contribution in [0.1, 0.15) is 46.7 Å². The fraction of sp³-hybridized carbons (Fsp3) is 0.345. The average molecular weight is 903 g/mol. The fourth-order valence-corrected chi connectivity index (χ4v) is 7.94. The molecule has 6 aromatic carbocycles. The van der Waals surface area contributed by atoms with Gasteiger partial charge in [-0.1, -0.05) is 189 Å². The van der Waals surface area contributed by atoms with Crippen LogP contribution in [0.15, 0.2) is 182 Å². The van der Waals surface area contributed by atoms with Crippen molar-refractivity contribution in [3.63, 3.8) is 0 Å². The van der Waals surface area contributed by atoms with E-state index in [0.29, 0.717) is 19.6 Å². The van der Waals surface area contributed by atoms with Crippen molar-refractivity contribution in [3.8, 4) is 0 Å². The summed E-state index contributed by atoms with van der Waals surface area (Å²) in [4.78, 5) is 0. The number of hydrogen-bond acceptors (Lipinski definition) is 9. The van der Waals surface area contributed by atoms with Gasteiger partial charge in [-0.2, -0.15) is 0 Å². The SMILES string of the molecule is CCC1OC(F)C(OCc2ccccc2)[C@H](OCc2ccccc2)[C@H]1OCc1ccccc1.OCC1OC(F)C(OCc2ccccc2)[C@H](OCc2ccccc2)[C@H]1OCc1ccccc1. The molecule has 2 heterocycles. The number of rotatable bonds is 20. The molecule has 10 atom stereocenters. The average Bonchev–Trinajstić information content (AvgIpc) is 3.37. The molecule has 2 saturated heterocycles. The van der Waals surface area contributed by atoms with E-state index >= 15 is 8.78 Å². The summed E-state index contributed by atoms with van der Waals surface area (Å²) < 4.78 is 78.5. The van der Waals surface area contributed by atoms with E-state index in [-0.39, 0.29) is 26.4 Å². The van der Waals surface area contributed by atoms with Gasteiger partial charge in [0.05, 0.1) is 52.4 Å². The molecular weight excluding hydrogens is 843 g/mol. The zero-order chi connectivity index (χ0) is 45.8. The molecule has 0 amide bonds. The monoisotopic (exact) mass is 902 g/mol. The summed E-state index contributed by atoms with van der Waals surface area (Å²) in [6.45, 7) is 3.31. The van der Waals surface area contributed by atoms with E-state index in [2.05, 4.69) is 0 Å². The zero-order valence-corrected chi connectivity index (χ0v) is 37.2. The summed E-state index contributed by atoms with van der Waals surface area (Å²) in [7, 11) is 0. The van der Waals surface area contributed by atoms with Gasteiger partial charge in [0.25, 0.3) is 0 Å². The van der Waals surface area contributed by atoms with E-state index in [4.69, 9.17) is 37.9 Å². The normalized spacial score (nSPS) is 25.1. The fourth-order valence-electron chi connectivity index (χ4n) is 7.94. The lowest BCUT2D eigenvalue weighted by atomic mass is 9.96. The smallest absolute Gasteiger partial charge is 0.228 e. The summed E-state index contributed by atoms with van der Waals surface area (Å²) >= 11 is 0. The minimum atomic E-state index is -1.76. The largest absolute Gasteiger partial charge is 0.394 e. The summed E-state index contributed by atoms with van der Waals surface area (Å²) in [5.74, 6) is 0. The predicted molar refractivity (Wildman–Crippen MR) is 247 cm³/mol. The minimum absolute atomic E-state index is 0.204. The van der Waals surface area contributed by atoms with Crippen LogP contribution >= 0.6 is 0 Å². The minimum Gasteiger partial charge on any atom is -0.394 e. The Hall–Kier alpha value is -5.18. The van der Waals surface area contributed by atoms with Crippen LogP contribution in [0, 0.1) is 0 Å². The summed E-state index contributed by atoms with van der Waals surface area (Å²) in [5.41, 5.74) is 5.83. The third kappa shape index (κ3) is 14.4. The molecule has 66 heavy (non-hydrogen) atoms. The van der Waals surface area contributed by atoms with Crippen molar-refractivity contribution in [1.29, 1.82) is 0 Å². The van der Waals surface area contributed by atoms with Gasteiger partial charge in [-0.15, -0.1) is 0 Å². The lowest BCUT2D eigenvalue weighted by Crippen LogP contribution is -2.59. The van der Waals surface area contributed by atoms with E-state index in [1.165, 1.54) is 0 Å². The quantitative estimate of drug-likeness (QED) is 0.0804. The number of aliphatic hydroxyl groups excluding tert-OH is 1. The number of hydrogen-bond donors (Lipinski definition) is 1. The van der Waals surface area contributed by atoms with Crippen LogP contribution in [0.5, 0.6) is 0 Å². The van der Waals surface area contributed by atoms with Crippen molar-refractivity contribution >= 4 is 0 Å². The molecule has 0 aliphatic carbocycles. The second-order valence-electron chi connectivity index (χ2n) is 16.2. The number of benzene rings is 6. The van der Waals surface area contributed by atoms with Crippen molar-refractivity contribution in [3.05, 3.63) is 215 Å². The van der Waals surface area contributed by atoms with Gasteiger partial charge in [0, 0.05) is 0 Å². The highest BCUT2D eigenvalue weighted by molar-refractivity contribution is 5.18. The Morgan fingerprint density at radius 3 is 0.833 bits per heavy atom. The van der Waals surface area contributed by atoms with Gasteiger partial charge < -0.3 is 43.0 Å². The molecule has 2 aliphatic heterocycles. The molecule has 6 unspecified atom stereocenters. The van der Waals surface area contributed by atoms with Gasteiger partial charge in [-0.05, 0) is 39.8 Å². The first-order valence-corrected chi connectivity index (χ1v) is 22.6. The lowest BCUT2D eigenvalue weighted by Gasteiger charge is -2.43. The molecule has 2 aliphatic rings. The third-order valence-electron chi connectivity index (χ3n) is 11.4. The lowest BCUT2D eigenvalue weighted by molar-refractivity contribution is -0.296. The van der Waals surface area contributed by atoms with Gasteiger partial charge in [-0.25, -0.2) is 8.78 Å². The summed E-state index contributed by atoms with van der Waals surface area (Å²) in [6.07, 6.45) is -8.56. The van der Waals surface area contributed by atoms with Crippen LogP contribution in [-0.4, -0.2) is 73.3 Å². The van der Waals surface area contributed by atoms with E-state index in [9.17, 15) is 5.11 Å². The van der Waals surface area contributed by atoms with Crippen LogP contribution in [0.4, 0.5) is 8.78 Å². The van der Waals surface area contributed by atoms with E-state index in [0.717, 1.165) is 33.4 Å². The first kappa shape index (κ1) is 48.7. The standard InChI is InChI=1S/C28H31FO4.C27H29FO5/c1-2-24-25(30-18-21-12-6-3-7-13-21)26(31-19-22-14-8-4-9-15-22)27(28(29)33-24)32-20-23-16-10-5-11-17-23;28-27-26(32-19-22-14-8-3-9-15-22)25(31-18-21-12-6-2-7-13-21)24(23(16-29)33-27)30-17-20-10-4-1-5-11-20/h3-17,24-28H,2,18-20H2,1H3;1-15,23-27,29H,16-19H2/t24?,25-,26+,27?,28?;23?,24-,25+,26?,27?/m00/s1. The van der Waals surface area contributed by atoms with Crippen molar-refractivity contribution in [1.82, 2.24) is 0 Å². The molecule has 11 heteroatoms. The van der Waals surface area contributed by atoms with Gasteiger partial charge in [-0.3, -0.25) is 0 Å². The highest BCUT2D eigenvalue weighted by Crippen LogP contribution is 2.33. The van der Waals surface area contributed by atoms with Crippen molar-refractivity contribution < 1.29 is 51.8 Å². The van der Waals surface area contributed by atoms with Gasteiger partial charge >= 0.3 is 0 Å². The van der Waals surface area contributed by atoms with Crippen LogP contribution in [-0.2, 0) is 77.5 Å². The Bertz CT molecular complexity index is 2040. The molecule has 0 radical (unpaired) electrons. The number of alkyl halides is 2. The number of aliphatic hydroxyl groups is 1. The molecule has 0 spiro atoms. The van der Waals surface area contributed by atoms with Gasteiger partial charge in [0.2, 0.25) is 12.7 Å². The molecule has 0 bridgehead atoms. The maximum absolute atomic E-state index is 15.2. The van der Waals surface area contributed by atoms with Crippen LogP contribution < -0.4 is 0 Å². The summed E-state index contributed by atoms with van der Waals surface area (Å²) in [6, 6.07) is 58.4. The maximum atomic E-state index is 15.2. The molecule has 0 aromatic heterocycles. The molecule has 348 valence electrons. The molecule has 2 fully saturated rings. The molecule has 1 N–H and O–H groups in total.